The van der Waals surface area contributed by atoms with Crippen LogP contribution in [0.25, 0.3) is 0 Å². The van der Waals surface area contributed by atoms with Gasteiger partial charge in [-0.3, -0.25) is 0 Å². The van der Waals surface area contributed by atoms with Crippen molar-refractivity contribution in [2.45, 2.75) is 6.92 Å². The average molecular weight is 175 g/mol. The molecular weight excluding hydrogens is 162 g/mol. The van der Waals surface area contributed by atoms with Gasteiger partial charge in [-0.1, -0.05) is 0 Å². The molecule has 1 amide bonds. The summed E-state index contributed by atoms with van der Waals surface area (Å²) >= 11 is 0. The van der Waals surface area contributed by atoms with Crippen LogP contribution in [-0.4, -0.2) is 39.4 Å². The number of amides is 1. The molecule has 0 aromatic carbocycles. The highest BCUT2D eigenvalue weighted by molar-refractivity contribution is 5.88. The van der Waals surface area contributed by atoms with Gasteiger partial charge in [0.2, 0.25) is 5.90 Å². The maximum absolute atomic E-state index is 10.7. The highest BCUT2D eigenvalue weighted by Crippen LogP contribution is 1.88. The van der Waals surface area contributed by atoms with Crippen molar-refractivity contribution in [3.63, 3.8) is 0 Å². The smallest absolute Gasteiger partial charge is 0.436 e. The molecule has 70 valence electrons. The van der Waals surface area contributed by atoms with Crippen molar-refractivity contribution in [2.24, 2.45) is 4.99 Å². The molecule has 5 heteroatoms. The van der Waals surface area contributed by atoms with Crippen LogP contribution in [0.15, 0.2) is 4.99 Å². The van der Waals surface area contributed by atoms with Crippen LogP contribution < -0.4 is 0 Å². The monoisotopic (exact) mass is 175 g/mol. The number of carbonyl (C=O) groups excluding carboxylic acids is 1. The highest BCUT2D eigenvalue weighted by atomic mass is 16.6. The Hall–Kier alpha value is -1.10. The SMILES string of the molecule is CCOC(=O)/N=C(/COC)OC. The number of hydrogen-bond donors (Lipinski definition) is 0. The number of nitrogens with zero attached hydrogens (tertiary/aromatic N) is 1. The molecule has 5 nitrogen and oxygen atoms in total. The van der Waals surface area contributed by atoms with Crippen LogP contribution in [0.1, 0.15) is 6.92 Å². The second-order valence-corrected chi connectivity index (χ2v) is 1.84. The molecule has 0 bridgehead atoms. The van der Waals surface area contributed by atoms with Gasteiger partial charge >= 0.3 is 6.09 Å². The molecule has 0 radical (unpaired) electrons. The lowest BCUT2D eigenvalue weighted by molar-refractivity contribution is 0.161. The second-order valence-electron chi connectivity index (χ2n) is 1.84. The summed E-state index contributed by atoms with van der Waals surface area (Å²) in [6.45, 7) is 2.16. The van der Waals surface area contributed by atoms with E-state index in [4.69, 9.17) is 9.47 Å². The van der Waals surface area contributed by atoms with Gasteiger partial charge in [-0.25, -0.2) is 4.79 Å². The first-order chi connectivity index (χ1) is 5.74. The van der Waals surface area contributed by atoms with Crippen molar-refractivity contribution in [1.29, 1.82) is 0 Å². The third kappa shape index (κ3) is 4.68. The zero-order chi connectivity index (χ0) is 9.40. The number of ether oxygens (including phenoxy) is 3. The van der Waals surface area contributed by atoms with E-state index in [2.05, 4.69) is 9.73 Å². The molecule has 0 atom stereocenters. The van der Waals surface area contributed by atoms with E-state index in [1.165, 1.54) is 14.2 Å². The van der Waals surface area contributed by atoms with Gasteiger partial charge < -0.3 is 14.2 Å². The maximum Gasteiger partial charge on any atom is 0.436 e. The van der Waals surface area contributed by atoms with Crippen molar-refractivity contribution in [3.05, 3.63) is 0 Å². The van der Waals surface area contributed by atoms with E-state index in [-0.39, 0.29) is 12.5 Å². The van der Waals surface area contributed by atoms with Crippen LogP contribution in [-0.2, 0) is 14.2 Å². The summed E-state index contributed by atoms with van der Waals surface area (Å²) in [7, 11) is 2.90. The van der Waals surface area contributed by atoms with Crippen molar-refractivity contribution < 1.29 is 19.0 Å². The summed E-state index contributed by atoms with van der Waals surface area (Å²) in [5, 5.41) is 0. The van der Waals surface area contributed by atoms with Gasteiger partial charge in [0.05, 0.1) is 13.7 Å². The standard InChI is InChI=1S/C7H13NO4/c1-4-12-7(9)8-6(11-3)5-10-2/h4-5H2,1-3H3/b8-6-. The van der Waals surface area contributed by atoms with E-state index in [0.717, 1.165) is 0 Å². The number of carbonyl (C=O) groups is 1. The minimum absolute atomic E-state index is 0.162. The zero-order valence-corrected chi connectivity index (χ0v) is 7.49. The van der Waals surface area contributed by atoms with Crippen LogP contribution in [0, 0.1) is 0 Å². The van der Waals surface area contributed by atoms with E-state index < -0.39 is 6.09 Å². The normalized spacial score (nSPS) is 11.1. The Morgan fingerprint density at radius 3 is 2.50 bits per heavy atom. The van der Waals surface area contributed by atoms with Crippen molar-refractivity contribution in [1.82, 2.24) is 0 Å². The summed E-state index contributed by atoms with van der Waals surface area (Å²) in [5.41, 5.74) is 0. The van der Waals surface area contributed by atoms with Gasteiger partial charge in [0.15, 0.2) is 0 Å². The molecule has 0 unspecified atom stereocenters. The Bertz CT molecular complexity index is 167. The van der Waals surface area contributed by atoms with Gasteiger partial charge in [-0.2, -0.15) is 0 Å². The van der Waals surface area contributed by atoms with Crippen LogP contribution in [0.4, 0.5) is 4.79 Å². The molecule has 0 aliphatic rings. The van der Waals surface area contributed by atoms with E-state index in [1.807, 2.05) is 0 Å². The largest absolute Gasteiger partial charge is 0.482 e. The molecule has 12 heavy (non-hydrogen) atoms. The lowest BCUT2D eigenvalue weighted by atomic mass is 10.7. The Morgan fingerprint density at radius 2 is 2.08 bits per heavy atom. The fourth-order valence-electron chi connectivity index (χ4n) is 0.518. The van der Waals surface area contributed by atoms with Gasteiger partial charge in [0.25, 0.3) is 0 Å². The first kappa shape index (κ1) is 10.9. The molecule has 0 heterocycles. The van der Waals surface area contributed by atoms with E-state index in [1.54, 1.807) is 6.92 Å². The van der Waals surface area contributed by atoms with E-state index >= 15 is 0 Å². The minimum Gasteiger partial charge on any atom is -0.482 e. The molecule has 0 saturated carbocycles. The first-order valence-corrected chi connectivity index (χ1v) is 3.51. The van der Waals surface area contributed by atoms with Crippen molar-refractivity contribution in [3.8, 4) is 0 Å². The van der Waals surface area contributed by atoms with Crippen molar-refractivity contribution >= 4 is 12.0 Å². The van der Waals surface area contributed by atoms with E-state index in [0.29, 0.717) is 6.61 Å². The molecule has 0 aromatic heterocycles. The molecule has 0 aliphatic carbocycles. The summed E-state index contributed by atoms with van der Waals surface area (Å²) in [4.78, 5) is 14.2. The van der Waals surface area contributed by atoms with Gasteiger partial charge in [-0.05, 0) is 6.92 Å². The summed E-state index contributed by atoms with van der Waals surface area (Å²) in [5.74, 6) is 0.205. The molecule has 0 aliphatic heterocycles. The Labute approximate surface area is 71.3 Å². The predicted molar refractivity (Wildman–Crippen MR) is 43.3 cm³/mol. The molecule has 0 spiro atoms. The third-order valence-electron chi connectivity index (χ3n) is 0.987. The Kier molecular flexibility index (Phi) is 6.00. The van der Waals surface area contributed by atoms with Crippen LogP contribution in [0.2, 0.25) is 0 Å². The Balaban J connectivity index is 3.98. The van der Waals surface area contributed by atoms with E-state index in [9.17, 15) is 4.79 Å². The van der Waals surface area contributed by atoms with Crippen LogP contribution in [0.5, 0.6) is 0 Å². The summed E-state index contributed by atoms with van der Waals surface area (Å²) in [6, 6.07) is 0. The van der Waals surface area contributed by atoms with Gasteiger partial charge in [0, 0.05) is 7.11 Å². The summed E-state index contributed by atoms with van der Waals surface area (Å²) < 4.78 is 14.0. The molecule has 0 fully saturated rings. The molecule has 0 saturated heterocycles. The number of rotatable bonds is 3. The summed E-state index contributed by atoms with van der Waals surface area (Å²) in [6.07, 6.45) is -0.661. The van der Waals surface area contributed by atoms with Crippen molar-refractivity contribution in [2.75, 3.05) is 27.4 Å². The Morgan fingerprint density at radius 1 is 1.42 bits per heavy atom. The number of aliphatic imine (C=N–C) groups is 1. The lowest BCUT2D eigenvalue weighted by Crippen LogP contribution is -2.12. The highest BCUT2D eigenvalue weighted by Gasteiger charge is 2.02. The van der Waals surface area contributed by atoms with Gasteiger partial charge in [0.1, 0.15) is 6.61 Å². The quantitative estimate of drug-likeness (QED) is 0.471. The predicted octanol–water partition coefficient (Wildman–Crippen LogP) is 0.834. The minimum atomic E-state index is -0.661. The fourth-order valence-corrected chi connectivity index (χ4v) is 0.518. The van der Waals surface area contributed by atoms with Crippen LogP contribution >= 0.6 is 0 Å². The molecule has 0 aromatic rings. The van der Waals surface area contributed by atoms with Crippen LogP contribution in [0.3, 0.4) is 0 Å². The molecule has 0 rings (SSSR count). The number of hydrogen-bond acceptors (Lipinski definition) is 4. The van der Waals surface area contributed by atoms with Gasteiger partial charge in [-0.15, -0.1) is 4.99 Å². The first-order valence-electron chi connectivity index (χ1n) is 3.51. The average Bonchev–Trinajstić information content (AvgIpc) is 2.04. The second kappa shape index (κ2) is 6.60. The zero-order valence-electron chi connectivity index (χ0n) is 7.49. The molecule has 0 N–H and O–H groups in total. The fraction of sp³-hybridized carbons (Fsp3) is 0.714. The lowest BCUT2D eigenvalue weighted by Gasteiger charge is -2.02. The number of methoxy groups -OCH3 is 2. The molecular formula is C7H13NO4. The topological polar surface area (TPSA) is 57.1 Å². The third-order valence-corrected chi connectivity index (χ3v) is 0.987. The maximum atomic E-state index is 10.7.